The van der Waals surface area contributed by atoms with Crippen molar-refractivity contribution in [1.29, 1.82) is 0 Å². The van der Waals surface area contributed by atoms with E-state index in [1.807, 2.05) is 6.20 Å². The Morgan fingerprint density at radius 3 is 2.77 bits per heavy atom. The molecule has 0 saturated heterocycles. The molecule has 2 aliphatic rings. The van der Waals surface area contributed by atoms with Crippen molar-refractivity contribution in [2.45, 2.75) is 83.1 Å². The van der Waals surface area contributed by atoms with Gasteiger partial charge in [0.05, 0.1) is 24.7 Å². The van der Waals surface area contributed by atoms with E-state index in [4.69, 9.17) is 9.72 Å². The van der Waals surface area contributed by atoms with Crippen LogP contribution in [0.3, 0.4) is 0 Å². The zero-order valence-electron chi connectivity index (χ0n) is 21.4. The maximum atomic E-state index is 12.7. The van der Waals surface area contributed by atoms with Gasteiger partial charge in [-0.05, 0) is 49.1 Å². The molecule has 3 heterocycles. The van der Waals surface area contributed by atoms with E-state index >= 15 is 0 Å². The molecule has 1 fully saturated rings. The van der Waals surface area contributed by atoms with E-state index in [0.717, 1.165) is 37.7 Å². The molecule has 8 nitrogen and oxygen atoms in total. The van der Waals surface area contributed by atoms with Crippen LogP contribution in [0.4, 0.5) is 0 Å². The summed E-state index contributed by atoms with van der Waals surface area (Å²) in [6, 6.07) is 1.76. The fraction of sp³-hybridized carbons (Fsp3) is 0.593. The average molecular weight is 482 g/mol. The van der Waals surface area contributed by atoms with E-state index in [-0.39, 0.29) is 23.0 Å². The molecule has 1 saturated carbocycles. The molecule has 1 amide bonds. The van der Waals surface area contributed by atoms with E-state index in [9.17, 15) is 9.90 Å². The standard InChI is InChI=1S/C27H39N5O3/c1-6-8-20(31-24(34)22-15-28-17-32(22)5)23(33)16-29-21-13-27(9-7-10-27)35-25-19(21)11-18(14-30-25)12-26(2,3)4/h6,11,14-15,17,20-21,23,29,33H,1,7-10,12-13,16H2,2-5H3,(H,31,34)/t20-,21-,23+/m0/s1. The number of fused-ring (bicyclic) bond motifs is 1. The number of hydrogen-bond acceptors (Lipinski definition) is 6. The molecular weight excluding hydrogens is 442 g/mol. The zero-order chi connectivity index (χ0) is 25.2. The third kappa shape index (κ3) is 5.93. The molecule has 0 aromatic carbocycles. The fourth-order valence-corrected chi connectivity index (χ4v) is 5.06. The van der Waals surface area contributed by atoms with Gasteiger partial charge >= 0.3 is 0 Å². The number of nitrogens with one attached hydrogen (secondary N) is 2. The van der Waals surface area contributed by atoms with Crippen molar-refractivity contribution in [3.63, 3.8) is 0 Å². The Hall–Kier alpha value is -2.71. The molecular formula is C27H39N5O3. The minimum Gasteiger partial charge on any atom is -0.471 e. The quantitative estimate of drug-likeness (QED) is 0.474. The number of imidazole rings is 1. The van der Waals surface area contributed by atoms with Gasteiger partial charge in [-0.3, -0.25) is 4.79 Å². The van der Waals surface area contributed by atoms with E-state index in [2.05, 4.69) is 49.0 Å². The van der Waals surface area contributed by atoms with Crippen molar-refractivity contribution >= 4 is 5.91 Å². The first-order valence-electron chi connectivity index (χ1n) is 12.6. The van der Waals surface area contributed by atoms with Gasteiger partial charge in [-0.2, -0.15) is 0 Å². The second kappa shape index (κ2) is 10.1. The van der Waals surface area contributed by atoms with Gasteiger partial charge in [0.1, 0.15) is 11.3 Å². The first kappa shape index (κ1) is 25.4. The van der Waals surface area contributed by atoms with E-state index in [1.165, 1.54) is 11.8 Å². The monoisotopic (exact) mass is 481 g/mol. The Morgan fingerprint density at radius 2 is 2.17 bits per heavy atom. The molecule has 0 unspecified atom stereocenters. The Bertz CT molecular complexity index is 1050. The summed E-state index contributed by atoms with van der Waals surface area (Å²) in [5, 5.41) is 17.6. The van der Waals surface area contributed by atoms with Crippen molar-refractivity contribution in [3.8, 4) is 5.88 Å². The molecule has 35 heavy (non-hydrogen) atoms. The number of nitrogens with zero attached hydrogens (tertiary/aromatic N) is 3. The van der Waals surface area contributed by atoms with Crippen LogP contribution in [0.5, 0.6) is 5.88 Å². The van der Waals surface area contributed by atoms with Gasteiger partial charge in [0.15, 0.2) is 0 Å². The van der Waals surface area contributed by atoms with Crippen LogP contribution < -0.4 is 15.4 Å². The summed E-state index contributed by atoms with van der Waals surface area (Å²) in [5.41, 5.74) is 2.67. The number of amides is 1. The molecule has 8 heteroatoms. The minimum atomic E-state index is -0.792. The maximum absolute atomic E-state index is 12.7. The highest BCUT2D eigenvalue weighted by atomic mass is 16.5. The summed E-state index contributed by atoms with van der Waals surface area (Å²) in [7, 11) is 1.77. The molecule has 190 valence electrons. The lowest BCUT2D eigenvalue weighted by atomic mass is 9.73. The lowest BCUT2D eigenvalue weighted by Crippen LogP contribution is -2.52. The summed E-state index contributed by atoms with van der Waals surface area (Å²) < 4.78 is 8.03. The molecule has 3 atom stereocenters. The molecule has 0 radical (unpaired) electrons. The van der Waals surface area contributed by atoms with Crippen LogP contribution in [0.2, 0.25) is 0 Å². The van der Waals surface area contributed by atoms with E-state index < -0.39 is 12.1 Å². The lowest BCUT2D eigenvalue weighted by Gasteiger charge is -2.47. The first-order chi connectivity index (χ1) is 16.6. The van der Waals surface area contributed by atoms with Crippen LogP contribution in [0.1, 0.15) is 80.5 Å². The number of carbonyl (C=O) groups is 1. The second-order valence-corrected chi connectivity index (χ2v) is 11.3. The normalized spacial score (nSPS) is 20.3. The van der Waals surface area contributed by atoms with Gasteiger partial charge < -0.3 is 25.0 Å². The first-order valence-corrected chi connectivity index (χ1v) is 12.6. The number of aliphatic hydroxyl groups excluding tert-OH is 1. The average Bonchev–Trinajstić information content (AvgIpc) is 3.20. The molecule has 1 aliphatic heterocycles. The largest absolute Gasteiger partial charge is 0.471 e. The number of aryl methyl sites for hydroxylation is 1. The highest BCUT2D eigenvalue weighted by Crippen LogP contribution is 2.48. The number of rotatable bonds is 9. The van der Waals surface area contributed by atoms with Gasteiger partial charge in [0.2, 0.25) is 5.88 Å². The number of pyridine rings is 1. The molecule has 0 bridgehead atoms. The second-order valence-electron chi connectivity index (χ2n) is 11.3. The molecule has 2 aromatic heterocycles. The molecule has 1 aliphatic carbocycles. The fourth-order valence-electron chi connectivity index (χ4n) is 5.06. The van der Waals surface area contributed by atoms with Crippen molar-refractivity contribution in [1.82, 2.24) is 25.2 Å². The highest BCUT2D eigenvalue weighted by molar-refractivity contribution is 5.92. The topological polar surface area (TPSA) is 101 Å². The maximum Gasteiger partial charge on any atom is 0.269 e. The van der Waals surface area contributed by atoms with Crippen molar-refractivity contribution in [3.05, 3.63) is 54.3 Å². The van der Waals surface area contributed by atoms with Gasteiger partial charge in [-0.1, -0.05) is 26.8 Å². The Morgan fingerprint density at radius 1 is 1.40 bits per heavy atom. The van der Waals surface area contributed by atoms with Crippen molar-refractivity contribution in [2.24, 2.45) is 12.5 Å². The Kier molecular flexibility index (Phi) is 7.33. The summed E-state index contributed by atoms with van der Waals surface area (Å²) in [5.74, 6) is 0.435. The summed E-state index contributed by atoms with van der Waals surface area (Å²) >= 11 is 0. The summed E-state index contributed by atoms with van der Waals surface area (Å²) in [4.78, 5) is 21.4. The molecule has 3 N–H and O–H groups in total. The predicted octanol–water partition coefficient (Wildman–Crippen LogP) is 3.48. The Balaban J connectivity index is 1.47. The van der Waals surface area contributed by atoms with Gasteiger partial charge in [-0.25, -0.2) is 9.97 Å². The summed E-state index contributed by atoms with van der Waals surface area (Å²) in [6.45, 7) is 10.8. The number of aromatic nitrogens is 3. The van der Waals surface area contributed by atoms with Gasteiger partial charge in [0, 0.05) is 37.8 Å². The number of ether oxygens (including phenoxy) is 1. The smallest absolute Gasteiger partial charge is 0.269 e. The SMILES string of the molecule is C=CC[C@H](NC(=O)c1cncn1C)[C@H](O)CN[C@H]1CC2(CCC2)Oc2ncc(CC(C)(C)C)cc21. The highest BCUT2D eigenvalue weighted by Gasteiger charge is 2.46. The van der Waals surface area contributed by atoms with Crippen LogP contribution in [-0.4, -0.2) is 49.8 Å². The van der Waals surface area contributed by atoms with Crippen molar-refractivity contribution < 1.29 is 14.6 Å². The van der Waals surface area contributed by atoms with Crippen molar-refractivity contribution in [2.75, 3.05) is 6.54 Å². The Labute approximate surface area is 208 Å². The number of aliphatic hydroxyl groups is 1. The van der Waals surface area contributed by atoms with E-state index in [1.54, 1.807) is 24.0 Å². The third-order valence-corrected chi connectivity index (χ3v) is 7.02. The number of hydrogen-bond donors (Lipinski definition) is 3. The minimum absolute atomic E-state index is 0.0262. The molecule has 4 rings (SSSR count). The molecule has 1 spiro atoms. The van der Waals surface area contributed by atoms with Crippen LogP contribution in [0, 0.1) is 5.41 Å². The lowest BCUT2D eigenvalue weighted by molar-refractivity contribution is -0.0420. The van der Waals surface area contributed by atoms with Crippen LogP contribution in [0.25, 0.3) is 0 Å². The number of carbonyl (C=O) groups excluding carboxylic acids is 1. The van der Waals surface area contributed by atoms with Crippen LogP contribution in [-0.2, 0) is 13.5 Å². The van der Waals surface area contributed by atoms with Gasteiger partial charge in [-0.15, -0.1) is 6.58 Å². The van der Waals surface area contributed by atoms with Gasteiger partial charge in [0.25, 0.3) is 5.91 Å². The third-order valence-electron chi connectivity index (χ3n) is 7.02. The van der Waals surface area contributed by atoms with E-state index in [0.29, 0.717) is 24.5 Å². The summed E-state index contributed by atoms with van der Waals surface area (Å²) in [6.07, 6.45) is 11.4. The predicted molar refractivity (Wildman–Crippen MR) is 135 cm³/mol. The van der Waals surface area contributed by atoms with Crippen LogP contribution >= 0.6 is 0 Å². The zero-order valence-corrected chi connectivity index (χ0v) is 21.4. The van der Waals surface area contributed by atoms with Crippen LogP contribution in [0.15, 0.2) is 37.4 Å². The molecule has 2 aromatic rings.